The van der Waals surface area contributed by atoms with Crippen LogP contribution in [0.1, 0.15) is 13.8 Å². The maximum Gasteiger partial charge on any atom is 0.222 e. The molecule has 1 heterocycles. The van der Waals surface area contributed by atoms with Gasteiger partial charge in [-0.3, -0.25) is 0 Å². The molecule has 0 fully saturated rings. The summed E-state index contributed by atoms with van der Waals surface area (Å²) in [5.41, 5.74) is 3.08. The summed E-state index contributed by atoms with van der Waals surface area (Å²) in [4.78, 5) is 6.91. The van der Waals surface area contributed by atoms with Gasteiger partial charge in [-0.05, 0) is 49.6 Å². The molecule has 3 aromatic rings. The van der Waals surface area contributed by atoms with Gasteiger partial charge in [-0.2, -0.15) is 0 Å². The molecule has 0 bridgehead atoms. The summed E-state index contributed by atoms with van der Waals surface area (Å²) in [6.07, 6.45) is 0.0529. The fraction of sp³-hybridized carbons (Fsp3) is 0.286. The minimum Gasteiger partial charge on any atom is -0.497 e. The Hall–Kier alpha value is -2.75. The second-order valence-electron chi connectivity index (χ2n) is 6.48. The lowest BCUT2D eigenvalue weighted by Crippen LogP contribution is -2.11. The number of hydrogen-bond acceptors (Lipinski definition) is 4. The predicted octanol–water partition coefficient (Wildman–Crippen LogP) is 4.76. The van der Waals surface area contributed by atoms with Gasteiger partial charge in [-0.25, -0.2) is 4.98 Å². The summed E-state index contributed by atoms with van der Waals surface area (Å²) >= 11 is 0. The number of nitrogens with zero attached hydrogens (tertiary/aromatic N) is 2. The molecular weight excluding hydrogens is 312 g/mol. The highest BCUT2D eigenvalue weighted by Gasteiger charge is 2.14. The molecule has 0 aliphatic heterocycles. The van der Waals surface area contributed by atoms with E-state index < -0.39 is 0 Å². The summed E-state index contributed by atoms with van der Waals surface area (Å²) in [6.45, 7) is 4.02. The number of pyridine rings is 1. The average molecular weight is 336 g/mol. The lowest BCUT2D eigenvalue weighted by Gasteiger charge is -2.19. The minimum absolute atomic E-state index is 0.0529. The standard InChI is InChI=1S/C21H24N2O2/c1-14(2)25-21-17-11-10-16(24-5)12-15(17)13-19(22-21)18-8-6-7-9-20(18)23(3)4/h6-14H,1-5H3. The Morgan fingerprint density at radius 2 is 1.76 bits per heavy atom. The summed E-state index contributed by atoms with van der Waals surface area (Å²) in [5.74, 6) is 1.47. The molecule has 0 unspecified atom stereocenters. The number of hydrogen-bond donors (Lipinski definition) is 0. The van der Waals surface area contributed by atoms with E-state index in [0.29, 0.717) is 5.88 Å². The number of ether oxygens (including phenoxy) is 2. The summed E-state index contributed by atoms with van der Waals surface area (Å²) in [7, 11) is 5.75. The van der Waals surface area contributed by atoms with Crippen LogP contribution in [-0.4, -0.2) is 32.3 Å². The lowest BCUT2D eigenvalue weighted by molar-refractivity contribution is 0.236. The molecule has 4 heteroatoms. The zero-order valence-electron chi connectivity index (χ0n) is 15.4. The van der Waals surface area contributed by atoms with Gasteiger partial charge < -0.3 is 14.4 Å². The van der Waals surface area contributed by atoms with Crippen LogP contribution in [0.3, 0.4) is 0 Å². The highest BCUT2D eigenvalue weighted by atomic mass is 16.5. The Labute approximate surface area is 149 Å². The van der Waals surface area contributed by atoms with Gasteiger partial charge >= 0.3 is 0 Å². The number of anilines is 1. The van der Waals surface area contributed by atoms with Crippen LogP contribution < -0.4 is 14.4 Å². The first-order valence-electron chi connectivity index (χ1n) is 8.41. The molecule has 0 atom stereocenters. The van der Waals surface area contributed by atoms with Crippen LogP contribution in [-0.2, 0) is 0 Å². The molecule has 130 valence electrons. The van der Waals surface area contributed by atoms with Crippen molar-refractivity contribution in [2.45, 2.75) is 20.0 Å². The van der Waals surface area contributed by atoms with Crippen molar-refractivity contribution in [1.29, 1.82) is 0 Å². The number of methoxy groups -OCH3 is 1. The van der Waals surface area contributed by atoms with E-state index >= 15 is 0 Å². The third-order valence-corrected chi connectivity index (χ3v) is 4.01. The number of para-hydroxylation sites is 1. The summed E-state index contributed by atoms with van der Waals surface area (Å²) in [6, 6.07) is 16.3. The maximum atomic E-state index is 6.00. The van der Waals surface area contributed by atoms with Crippen LogP contribution in [0.2, 0.25) is 0 Å². The first-order chi connectivity index (χ1) is 12.0. The fourth-order valence-corrected chi connectivity index (χ4v) is 2.86. The number of benzene rings is 2. The molecule has 0 aliphatic carbocycles. The third-order valence-electron chi connectivity index (χ3n) is 4.01. The zero-order valence-corrected chi connectivity index (χ0v) is 15.4. The summed E-state index contributed by atoms with van der Waals surface area (Å²) in [5, 5.41) is 2.04. The van der Waals surface area contributed by atoms with E-state index in [1.54, 1.807) is 7.11 Å². The van der Waals surface area contributed by atoms with Gasteiger partial charge in [0.2, 0.25) is 5.88 Å². The zero-order chi connectivity index (χ0) is 18.0. The largest absolute Gasteiger partial charge is 0.497 e. The van der Waals surface area contributed by atoms with Gasteiger partial charge in [0.1, 0.15) is 5.75 Å². The minimum atomic E-state index is 0.0529. The van der Waals surface area contributed by atoms with Crippen LogP contribution >= 0.6 is 0 Å². The molecule has 0 radical (unpaired) electrons. The monoisotopic (exact) mass is 336 g/mol. The highest BCUT2D eigenvalue weighted by molar-refractivity contribution is 5.92. The number of aromatic nitrogens is 1. The molecule has 1 aromatic heterocycles. The van der Waals surface area contributed by atoms with Crippen molar-refractivity contribution in [2.24, 2.45) is 0 Å². The second-order valence-corrected chi connectivity index (χ2v) is 6.48. The molecule has 25 heavy (non-hydrogen) atoms. The van der Waals surface area contributed by atoms with Gasteiger partial charge in [-0.1, -0.05) is 18.2 Å². The van der Waals surface area contributed by atoms with Crippen molar-refractivity contribution in [3.05, 3.63) is 48.5 Å². The quantitative estimate of drug-likeness (QED) is 0.672. The van der Waals surface area contributed by atoms with Gasteiger partial charge in [0, 0.05) is 30.7 Å². The highest BCUT2D eigenvalue weighted by Crippen LogP contribution is 2.35. The van der Waals surface area contributed by atoms with Gasteiger partial charge in [0.25, 0.3) is 0 Å². The molecule has 0 N–H and O–H groups in total. The molecule has 3 rings (SSSR count). The van der Waals surface area contributed by atoms with E-state index in [9.17, 15) is 0 Å². The van der Waals surface area contributed by atoms with Crippen LogP contribution in [0, 0.1) is 0 Å². The molecular formula is C21H24N2O2. The molecule has 0 spiro atoms. The maximum absolute atomic E-state index is 6.00. The Kier molecular flexibility index (Phi) is 4.79. The average Bonchev–Trinajstić information content (AvgIpc) is 2.60. The molecule has 0 aliphatic rings. The first-order valence-corrected chi connectivity index (χ1v) is 8.41. The van der Waals surface area contributed by atoms with Gasteiger partial charge in [0.15, 0.2) is 0 Å². The Bertz CT molecular complexity index is 888. The van der Waals surface area contributed by atoms with Crippen LogP contribution in [0.4, 0.5) is 5.69 Å². The van der Waals surface area contributed by atoms with Crippen LogP contribution in [0.5, 0.6) is 11.6 Å². The molecule has 0 amide bonds. The van der Waals surface area contributed by atoms with E-state index in [0.717, 1.165) is 33.5 Å². The van der Waals surface area contributed by atoms with Crippen molar-refractivity contribution in [1.82, 2.24) is 4.98 Å². The topological polar surface area (TPSA) is 34.6 Å². The van der Waals surface area contributed by atoms with Gasteiger partial charge in [0.05, 0.1) is 18.9 Å². The van der Waals surface area contributed by atoms with E-state index in [1.165, 1.54) is 0 Å². The van der Waals surface area contributed by atoms with E-state index in [1.807, 2.05) is 58.3 Å². The predicted molar refractivity (Wildman–Crippen MR) is 104 cm³/mol. The number of fused-ring (bicyclic) bond motifs is 1. The normalized spacial score (nSPS) is 11.0. The lowest BCUT2D eigenvalue weighted by atomic mass is 10.0. The smallest absolute Gasteiger partial charge is 0.222 e. The molecule has 2 aromatic carbocycles. The SMILES string of the molecule is COc1ccc2c(OC(C)C)nc(-c3ccccc3N(C)C)cc2c1. The third kappa shape index (κ3) is 3.53. The van der Waals surface area contributed by atoms with E-state index in [-0.39, 0.29) is 6.10 Å². The molecule has 4 nitrogen and oxygen atoms in total. The molecule has 0 saturated heterocycles. The van der Waals surface area contributed by atoms with Crippen molar-refractivity contribution < 1.29 is 9.47 Å². The molecule has 0 saturated carbocycles. The Morgan fingerprint density at radius 3 is 2.44 bits per heavy atom. The Balaban J connectivity index is 2.25. The van der Waals surface area contributed by atoms with Crippen molar-refractivity contribution >= 4 is 16.5 Å². The summed E-state index contributed by atoms with van der Waals surface area (Å²) < 4.78 is 11.4. The second kappa shape index (κ2) is 7.01. The number of rotatable bonds is 5. The fourth-order valence-electron chi connectivity index (χ4n) is 2.86. The van der Waals surface area contributed by atoms with Crippen molar-refractivity contribution in [3.63, 3.8) is 0 Å². The van der Waals surface area contributed by atoms with E-state index in [4.69, 9.17) is 14.5 Å². The van der Waals surface area contributed by atoms with Crippen LogP contribution in [0.25, 0.3) is 22.0 Å². The van der Waals surface area contributed by atoms with Crippen molar-refractivity contribution in [3.8, 4) is 22.9 Å². The van der Waals surface area contributed by atoms with Crippen molar-refractivity contribution in [2.75, 3.05) is 26.1 Å². The van der Waals surface area contributed by atoms with Gasteiger partial charge in [-0.15, -0.1) is 0 Å². The first kappa shape index (κ1) is 17.1. The van der Waals surface area contributed by atoms with Crippen LogP contribution in [0.15, 0.2) is 48.5 Å². The Morgan fingerprint density at radius 1 is 1.00 bits per heavy atom. The van der Waals surface area contributed by atoms with E-state index in [2.05, 4.69) is 23.1 Å².